The third-order valence-electron chi connectivity index (χ3n) is 8.17. The molecule has 2 aromatic rings. The summed E-state index contributed by atoms with van der Waals surface area (Å²) < 4.78 is 28.0. The molecule has 1 aromatic carbocycles. The van der Waals surface area contributed by atoms with Crippen LogP contribution in [-0.4, -0.2) is 52.8 Å². The number of hydrogen-bond donors (Lipinski definition) is 1. The van der Waals surface area contributed by atoms with Crippen molar-refractivity contribution in [2.24, 2.45) is 23.2 Å². The zero-order valence-corrected chi connectivity index (χ0v) is 16.7. The first-order valence-electron chi connectivity index (χ1n) is 10.2. The largest absolute Gasteiger partial charge is 0.392 e. The molecule has 5 atom stereocenters. The van der Waals surface area contributed by atoms with Gasteiger partial charge in [-0.15, -0.1) is 0 Å². The van der Waals surface area contributed by atoms with Gasteiger partial charge in [-0.05, 0) is 36.7 Å². The molecule has 2 bridgehead atoms. The highest BCUT2D eigenvalue weighted by molar-refractivity contribution is 7.88. The normalized spacial score (nSPS) is 39.0. The van der Waals surface area contributed by atoms with Crippen molar-refractivity contribution in [3.8, 4) is 11.3 Å². The van der Waals surface area contributed by atoms with Crippen LogP contribution in [0.2, 0.25) is 0 Å². The van der Waals surface area contributed by atoms with E-state index in [1.165, 1.54) is 17.4 Å². The number of aromatic nitrogens is 2. The second-order valence-corrected chi connectivity index (χ2v) is 11.2. The summed E-state index contributed by atoms with van der Waals surface area (Å²) in [5.41, 5.74) is 3.51. The van der Waals surface area contributed by atoms with Gasteiger partial charge in [0, 0.05) is 30.0 Å². The average molecular weight is 400 g/mol. The van der Waals surface area contributed by atoms with Crippen LogP contribution in [0, 0.1) is 23.2 Å². The molecule has 4 aliphatic rings. The van der Waals surface area contributed by atoms with Crippen LogP contribution in [0.1, 0.15) is 30.9 Å². The molecule has 2 saturated carbocycles. The quantitative estimate of drug-likeness (QED) is 0.839. The Bertz CT molecular complexity index is 1050. The number of piperidine rings is 1. The minimum atomic E-state index is -3.17. The highest BCUT2D eigenvalue weighted by Crippen LogP contribution is 2.67. The minimum Gasteiger partial charge on any atom is -0.392 e. The summed E-state index contributed by atoms with van der Waals surface area (Å²) in [6.07, 6.45) is 7.74. The SMILES string of the molecule is CS(=O)(=O)N1CC2CCC(C1)C21C[C@H]([C@@H]2c3ccccc3-c3cncn32)[C@@H]1O. The molecule has 3 heterocycles. The Labute approximate surface area is 165 Å². The van der Waals surface area contributed by atoms with Crippen LogP contribution in [0.4, 0.5) is 0 Å². The average Bonchev–Trinajstić information content (AvgIpc) is 3.29. The van der Waals surface area contributed by atoms with Gasteiger partial charge in [-0.1, -0.05) is 24.3 Å². The monoisotopic (exact) mass is 399 g/mol. The van der Waals surface area contributed by atoms with Crippen molar-refractivity contribution in [1.29, 1.82) is 0 Å². The maximum Gasteiger partial charge on any atom is 0.211 e. The van der Waals surface area contributed by atoms with Crippen molar-refractivity contribution in [3.63, 3.8) is 0 Å². The summed E-state index contributed by atoms with van der Waals surface area (Å²) in [5, 5.41) is 11.5. The van der Waals surface area contributed by atoms with Gasteiger partial charge in [-0.25, -0.2) is 17.7 Å². The molecular weight excluding hydrogens is 374 g/mol. The second-order valence-electron chi connectivity index (χ2n) is 9.19. The van der Waals surface area contributed by atoms with Gasteiger partial charge >= 0.3 is 0 Å². The van der Waals surface area contributed by atoms with E-state index >= 15 is 0 Å². The van der Waals surface area contributed by atoms with Gasteiger partial charge in [-0.2, -0.15) is 0 Å². The number of aliphatic hydroxyl groups excluding tert-OH is 1. The summed E-state index contributed by atoms with van der Waals surface area (Å²) in [7, 11) is -3.17. The number of hydrogen-bond acceptors (Lipinski definition) is 4. The molecule has 0 radical (unpaired) electrons. The predicted molar refractivity (Wildman–Crippen MR) is 105 cm³/mol. The lowest BCUT2D eigenvalue weighted by molar-refractivity contribution is -0.190. The number of aliphatic hydroxyl groups is 1. The lowest BCUT2D eigenvalue weighted by Crippen LogP contribution is -2.65. The van der Waals surface area contributed by atoms with Gasteiger partial charge in [0.1, 0.15) is 0 Å². The molecule has 148 valence electrons. The molecule has 1 spiro atoms. The molecule has 28 heavy (non-hydrogen) atoms. The van der Waals surface area contributed by atoms with E-state index in [2.05, 4.69) is 33.8 Å². The van der Waals surface area contributed by atoms with Crippen molar-refractivity contribution < 1.29 is 13.5 Å². The fourth-order valence-electron chi connectivity index (χ4n) is 6.92. The predicted octanol–water partition coefficient (Wildman–Crippen LogP) is 2.12. The number of rotatable bonds is 2. The molecule has 2 aliphatic carbocycles. The molecule has 6 rings (SSSR count). The molecule has 7 heteroatoms. The Morgan fingerprint density at radius 2 is 1.89 bits per heavy atom. The van der Waals surface area contributed by atoms with Gasteiger partial charge in [0.05, 0.1) is 36.6 Å². The van der Waals surface area contributed by atoms with Crippen molar-refractivity contribution >= 4 is 10.0 Å². The lowest BCUT2D eigenvalue weighted by atomic mass is 9.48. The van der Waals surface area contributed by atoms with Crippen molar-refractivity contribution in [2.45, 2.75) is 31.4 Å². The maximum absolute atomic E-state index is 12.1. The zero-order valence-electron chi connectivity index (χ0n) is 15.9. The van der Waals surface area contributed by atoms with E-state index in [9.17, 15) is 13.5 Å². The van der Waals surface area contributed by atoms with Gasteiger partial charge in [-0.3, -0.25) is 0 Å². The van der Waals surface area contributed by atoms with E-state index in [0.717, 1.165) is 25.0 Å². The molecule has 0 amide bonds. The Kier molecular flexibility index (Phi) is 3.35. The van der Waals surface area contributed by atoms with Crippen molar-refractivity contribution in [3.05, 3.63) is 42.4 Å². The van der Waals surface area contributed by atoms with E-state index in [0.29, 0.717) is 13.1 Å². The highest BCUT2D eigenvalue weighted by Gasteiger charge is 2.67. The summed E-state index contributed by atoms with van der Waals surface area (Å²) in [6, 6.07) is 8.56. The lowest BCUT2D eigenvalue weighted by Gasteiger charge is -2.61. The van der Waals surface area contributed by atoms with Gasteiger partial charge < -0.3 is 9.67 Å². The number of nitrogens with zero attached hydrogens (tertiary/aromatic N) is 3. The molecule has 1 N–H and O–H groups in total. The number of sulfonamides is 1. The van der Waals surface area contributed by atoms with Crippen LogP contribution in [0.15, 0.2) is 36.8 Å². The minimum absolute atomic E-state index is 0.107. The Hall–Kier alpha value is -1.70. The van der Waals surface area contributed by atoms with Gasteiger partial charge in [0.2, 0.25) is 10.0 Å². The zero-order chi connectivity index (χ0) is 19.3. The van der Waals surface area contributed by atoms with E-state index in [1.54, 1.807) is 4.31 Å². The fraction of sp³-hybridized carbons (Fsp3) is 0.571. The van der Waals surface area contributed by atoms with Gasteiger partial charge in [0.15, 0.2) is 0 Å². The first-order chi connectivity index (χ1) is 13.4. The summed E-state index contributed by atoms with van der Waals surface area (Å²) in [6.45, 7) is 1.13. The summed E-state index contributed by atoms with van der Waals surface area (Å²) >= 11 is 0. The molecule has 2 aliphatic heterocycles. The number of fused-ring (bicyclic) bond motifs is 3. The topological polar surface area (TPSA) is 75.4 Å². The maximum atomic E-state index is 12.1. The standard InChI is InChI=1S/C21H25N3O3S/c1-28(26,27)23-10-13-6-7-14(11-23)21(13)8-17(20(21)25)19-16-5-3-2-4-15(16)18-9-22-12-24(18)19/h2-5,9,12-14,17,19-20,25H,6-8,10-11H2,1H3/t13?,14?,17-,19+,20+,21?/m1/s1. The molecule has 3 fully saturated rings. The molecule has 6 nitrogen and oxygen atoms in total. The van der Waals surface area contributed by atoms with E-state index in [4.69, 9.17) is 0 Å². The second kappa shape index (κ2) is 5.46. The first-order valence-corrected chi connectivity index (χ1v) is 12.0. The molecule has 1 saturated heterocycles. The highest BCUT2D eigenvalue weighted by atomic mass is 32.2. The van der Waals surface area contributed by atoms with E-state index < -0.39 is 16.1 Å². The third-order valence-corrected chi connectivity index (χ3v) is 9.41. The van der Waals surface area contributed by atoms with Crippen LogP contribution in [0.3, 0.4) is 0 Å². The number of imidazole rings is 1. The number of benzene rings is 1. The first kappa shape index (κ1) is 17.2. The third kappa shape index (κ3) is 2.00. The van der Waals surface area contributed by atoms with Crippen LogP contribution in [0.25, 0.3) is 11.3 Å². The summed E-state index contributed by atoms with van der Waals surface area (Å²) in [4.78, 5) is 4.35. The van der Waals surface area contributed by atoms with Crippen molar-refractivity contribution in [2.75, 3.05) is 19.3 Å². The van der Waals surface area contributed by atoms with Gasteiger partial charge in [0.25, 0.3) is 0 Å². The Morgan fingerprint density at radius 3 is 2.57 bits per heavy atom. The van der Waals surface area contributed by atoms with E-state index in [1.807, 2.05) is 12.5 Å². The molecule has 1 aromatic heterocycles. The molecular formula is C21H25N3O3S. The van der Waals surface area contributed by atoms with Crippen molar-refractivity contribution in [1.82, 2.24) is 13.9 Å². The van der Waals surface area contributed by atoms with Crippen LogP contribution >= 0.6 is 0 Å². The fourth-order valence-corrected chi connectivity index (χ4v) is 7.82. The van der Waals surface area contributed by atoms with Crippen LogP contribution in [0.5, 0.6) is 0 Å². The van der Waals surface area contributed by atoms with Crippen LogP contribution < -0.4 is 0 Å². The Morgan fingerprint density at radius 1 is 1.18 bits per heavy atom. The smallest absolute Gasteiger partial charge is 0.211 e. The van der Waals surface area contributed by atoms with E-state index in [-0.39, 0.29) is 29.2 Å². The van der Waals surface area contributed by atoms with Crippen LogP contribution in [-0.2, 0) is 10.0 Å². The summed E-state index contributed by atoms with van der Waals surface area (Å²) in [5.74, 6) is 0.696. The Balaban J connectivity index is 1.33. The molecule has 2 unspecified atom stereocenters.